The quantitative estimate of drug-likeness (QED) is 0.316. The molecule has 0 amide bonds. The van der Waals surface area contributed by atoms with Crippen LogP contribution >= 0.6 is 0 Å². The summed E-state index contributed by atoms with van der Waals surface area (Å²) in [6.07, 6.45) is 0. The average Bonchev–Trinajstić information content (AvgIpc) is 0. The van der Waals surface area contributed by atoms with E-state index < -0.39 is 0 Å². The van der Waals surface area contributed by atoms with Crippen molar-refractivity contribution in [1.29, 1.82) is 0 Å². The predicted molar refractivity (Wildman–Crippen MR) is 10.8 cm³/mol. The summed E-state index contributed by atoms with van der Waals surface area (Å²) < 4.78 is 0. The van der Waals surface area contributed by atoms with E-state index in [0.29, 0.717) is 0 Å². The van der Waals surface area contributed by atoms with Crippen LogP contribution in [-0.4, -0.2) is 16.4 Å². The molecule has 0 atom stereocenters. The van der Waals surface area contributed by atoms with Gasteiger partial charge in [0.05, 0.1) is 0 Å². The SMILES string of the molecule is O.O.O.[Zn]. The van der Waals surface area contributed by atoms with Crippen LogP contribution in [0.3, 0.4) is 0 Å². The third-order valence-electron chi connectivity index (χ3n) is 0. The minimum Gasteiger partial charge on any atom is -0.412 e. The maximum Gasteiger partial charge on any atom is 0 e. The van der Waals surface area contributed by atoms with E-state index in [2.05, 4.69) is 0 Å². The Morgan fingerprint density at radius 3 is 0.500 bits per heavy atom. The molecule has 0 aliphatic rings. The van der Waals surface area contributed by atoms with Gasteiger partial charge in [0.1, 0.15) is 0 Å². The summed E-state index contributed by atoms with van der Waals surface area (Å²) in [5.74, 6) is 0. The van der Waals surface area contributed by atoms with Gasteiger partial charge in [-0.25, -0.2) is 0 Å². The van der Waals surface area contributed by atoms with E-state index in [1.165, 1.54) is 0 Å². The number of hydrogen-bond acceptors (Lipinski definition) is 0. The Morgan fingerprint density at radius 1 is 0.500 bits per heavy atom. The molecule has 0 aliphatic carbocycles. The zero-order valence-electron chi connectivity index (χ0n) is 2.21. The van der Waals surface area contributed by atoms with E-state index in [1.54, 1.807) is 0 Å². The van der Waals surface area contributed by atoms with Crippen LogP contribution in [0.5, 0.6) is 0 Å². The Labute approximate surface area is 36.7 Å². The fourth-order valence-corrected chi connectivity index (χ4v) is 0. The molecule has 0 aromatic heterocycles. The van der Waals surface area contributed by atoms with Gasteiger partial charge in [-0.05, 0) is 0 Å². The first-order valence-electron chi connectivity index (χ1n) is 0. The van der Waals surface area contributed by atoms with Gasteiger partial charge in [-0.3, -0.25) is 0 Å². The molecular weight excluding hydrogens is 113 g/mol. The topological polar surface area (TPSA) is 94.5 Å². The van der Waals surface area contributed by atoms with Crippen LogP contribution in [0.1, 0.15) is 0 Å². The van der Waals surface area contributed by atoms with Gasteiger partial charge in [-0.1, -0.05) is 0 Å². The van der Waals surface area contributed by atoms with Gasteiger partial charge < -0.3 is 16.4 Å². The summed E-state index contributed by atoms with van der Waals surface area (Å²) >= 11 is 0. The normalized spacial score (nSPS) is 0. The van der Waals surface area contributed by atoms with Crippen molar-refractivity contribution >= 4 is 0 Å². The summed E-state index contributed by atoms with van der Waals surface area (Å²) in [5.41, 5.74) is 0. The molecular formula is H6O3Zn. The zero-order valence-corrected chi connectivity index (χ0v) is 5.17. The molecule has 0 unspecified atom stereocenters. The molecule has 4 heteroatoms. The van der Waals surface area contributed by atoms with Gasteiger partial charge in [-0.15, -0.1) is 0 Å². The van der Waals surface area contributed by atoms with Gasteiger partial charge in [0, 0.05) is 19.5 Å². The van der Waals surface area contributed by atoms with E-state index in [1.807, 2.05) is 0 Å². The predicted octanol–water partition coefficient (Wildman–Crippen LogP) is -2.48. The number of hydrogen-bond donors (Lipinski definition) is 0. The van der Waals surface area contributed by atoms with E-state index in [9.17, 15) is 0 Å². The largest absolute Gasteiger partial charge is 0.412 e. The van der Waals surface area contributed by atoms with E-state index in [-0.39, 0.29) is 35.9 Å². The van der Waals surface area contributed by atoms with Crippen LogP contribution in [0, 0.1) is 0 Å². The molecule has 3 nitrogen and oxygen atoms in total. The molecule has 0 fully saturated rings. The molecule has 4 heavy (non-hydrogen) atoms. The monoisotopic (exact) mass is 118 g/mol. The second-order valence-electron chi connectivity index (χ2n) is 0. The fourth-order valence-electron chi connectivity index (χ4n) is 0. The van der Waals surface area contributed by atoms with Crippen LogP contribution < -0.4 is 0 Å². The van der Waals surface area contributed by atoms with Gasteiger partial charge in [0.25, 0.3) is 0 Å². The summed E-state index contributed by atoms with van der Waals surface area (Å²) in [5, 5.41) is 0. The standard InChI is InChI=1S/3H2O.Zn/h3*1H2;. The minimum absolute atomic E-state index is 0. The van der Waals surface area contributed by atoms with Crippen molar-refractivity contribution in [3.8, 4) is 0 Å². The first-order chi connectivity index (χ1) is 0. The van der Waals surface area contributed by atoms with Crippen molar-refractivity contribution in [2.24, 2.45) is 0 Å². The molecule has 0 aromatic rings. The Bertz CT molecular complexity index is 3.25. The second-order valence-corrected chi connectivity index (χ2v) is 0. The van der Waals surface area contributed by atoms with Crippen molar-refractivity contribution in [2.45, 2.75) is 0 Å². The van der Waals surface area contributed by atoms with Crippen molar-refractivity contribution in [3.05, 3.63) is 0 Å². The minimum atomic E-state index is 0. The van der Waals surface area contributed by atoms with Gasteiger partial charge in [-0.2, -0.15) is 0 Å². The molecule has 0 radical (unpaired) electrons. The van der Waals surface area contributed by atoms with Crippen LogP contribution in [0.25, 0.3) is 0 Å². The molecule has 0 aliphatic heterocycles. The van der Waals surface area contributed by atoms with Crippen LogP contribution in [0.4, 0.5) is 0 Å². The third kappa shape index (κ3) is 22.3. The third-order valence-corrected chi connectivity index (χ3v) is 0. The average molecular weight is 119 g/mol. The van der Waals surface area contributed by atoms with Crippen molar-refractivity contribution in [2.75, 3.05) is 0 Å². The van der Waals surface area contributed by atoms with Gasteiger partial charge in [0.15, 0.2) is 0 Å². The maximum absolute atomic E-state index is 0. The molecule has 0 aromatic carbocycles. The van der Waals surface area contributed by atoms with Crippen LogP contribution in [0.15, 0.2) is 0 Å². The van der Waals surface area contributed by atoms with E-state index in [4.69, 9.17) is 0 Å². The Balaban J connectivity index is 0. The molecule has 0 rings (SSSR count). The molecule has 6 N–H and O–H groups in total. The van der Waals surface area contributed by atoms with Crippen molar-refractivity contribution < 1.29 is 35.9 Å². The van der Waals surface area contributed by atoms with Crippen LogP contribution in [-0.2, 0) is 19.5 Å². The summed E-state index contributed by atoms with van der Waals surface area (Å²) in [4.78, 5) is 0. The molecule has 0 saturated heterocycles. The first kappa shape index (κ1) is 218. The summed E-state index contributed by atoms with van der Waals surface area (Å²) in [6, 6.07) is 0. The molecule has 0 bridgehead atoms. The summed E-state index contributed by atoms with van der Waals surface area (Å²) in [7, 11) is 0. The summed E-state index contributed by atoms with van der Waals surface area (Å²) in [6.45, 7) is 0. The Kier molecular flexibility index (Phi) is 4730. The molecule has 0 spiro atoms. The van der Waals surface area contributed by atoms with Gasteiger partial charge >= 0.3 is 0 Å². The number of rotatable bonds is 0. The smallest absolute Gasteiger partial charge is 0 e. The first-order valence-corrected chi connectivity index (χ1v) is 0. The molecule has 26 valence electrons. The Hall–Kier alpha value is 0.503. The van der Waals surface area contributed by atoms with Crippen molar-refractivity contribution in [1.82, 2.24) is 0 Å². The zero-order chi connectivity index (χ0) is 0. The molecule has 0 heterocycles. The van der Waals surface area contributed by atoms with Gasteiger partial charge in [0.2, 0.25) is 0 Å². The second kappa shape index (κ2) is 86.6. The van der Waals surface area contributed by atoms with E-state index in [0.717, 1.165) is 0 Å². The fraction of sp³-hybridized carbons (Fsp3) is 0. The van der Waals surface area contributed by atoms with Crippen molar-refractivity contribution in [3.63, 3.8) is 0 Å². The van der Waals surface area contributed by atoms with E-state index >= 15 is 0 Å². The Morgan fingerprint density at radius 2 is 0.500 bits per heavy atom. The van der Waals surface area contributed by atoms with Crippen LogP contribution in [0.2, 0.25) is 0 Å². The molecule has 0 saturated carbocycles. The maximum atomic E-state index is 0.